The lowest BCUT2D eigenvalue weighted by Crippen LogP contribution is -2.42. The number of amides is 2. The summed E-state index contributed by atoms with van der Waals surface area (Å²) in [5.41, 5.74) is 0.585. The van der Waals surface area contributed by atoms with Crippen molar-refractivity contribution in [3.05, 3.63) is 39.9 Å². The van der Waals surface area contributed by atoms with E-state index in [0.29, 0.717) is 22.2 Å². The third-order valence-corrected chi connectivity index (χ3v) is 3.53. The molecule has 0 aliphatic rings. The van der Waals surface area contributed by atoms with E-state index < -0.39 is 0 Å². The maximum Gasteiger partial charge on any atom is 0.247 e. The Hall–Kier alpha value is -1.52. The van der Waals surface area contributed by atoms with Gasteiger partial charge in [0, 0.05) is 34.3 Å². The van der Waals surface area contributed by atoms with Crippen molar-refractivity contribution in [3.8, 4) is 0 Å². The molecule has 0 saturated carbocycles. The van der Waals surface area contributed by atoms with Crippen molar-refractivity contribution in [3.63, 3.8) is 0 Å². The Morgan fingerprint density at radius 2 is 1.86 bits per heavy atom. The molecule has 0 spiro atoms. The van der Waals surface area contributed by atoms with Gasteiger partial charge in [0.2, 0.25) is 11.8 Å². The van der Waals surface area contributed by atoms with Gasteiger partial charge in [-0.2, -0.15) is 0 Å². The van der Waals surface area contributed by atoms with E-state index >= 15 is 0 Å². The molecule has 0 heterocycles. The molecule has 120 valence electrons. The van der Waals surface area contributed by atoms with Gasteiger partial charge in [0.05, 0.1) is 6.54 Å². The van der Waals surface area contributed by atoms with Crippen molar-refractivity contribution < 1.29 is 9.59 Å². The van der Waals surface area contributed by atoms with Crippen LogP contribution in [0.2, 0.25) is 10.0 Å². The van der Waals surface area contributed by atoms with Gasteiger partial charge in [0.25, 0.3) is 0 Å². The predicted molar refractivity (Wildman–Crippen MR) is 91.0 cm³/mol. The lowest BCUT2D eigenvalue weighted by Gasteiger charge is -2.19. The summed E-state index contributed by atoms with van der Waals surface area (Å²) in [5.74, 6) is -0.452. The highest BCUT2D eigenvalue weighted by Gasteiger charge is 2.14. The smallest absolute Gasteiger partial charge is 0.247 e. The first-order valence-electron chi connectivity index (χ1n) is 7.05. The van der Waals surface area contributed by atoms with Crippen LogP contribution in [-0.2, 0) is 9.59 Å². The molecular weight excluding hydrogens is 323 g/mol. The van der Waals surface area contributed by atoms with Crippen LogP contribution in [0.5, 0.6) is 0 Å². The molecule has 0 fully saturated rings. The third-order valence-electron chi connectivity index (χ3n) is 2.87. The summed E-state index contributed by atoms with van der Waals surface area (Å²) in [6.07, 6.45) is 2.94. The van der Waals surface area contributed by atoms with Gasteiger partial charge in [-0.05, 0) is 39.0 Å². The highest BCUT2D eigenvalue weighted by molar-refractivity contribution is 6.37. The molecule has 1 aromatic carbocycles. The molecule has 0 aliphatic carbocycles. The summed E-state index contributed by atoms with van der Waals surface area (Å²) < 4.78 is 0. The van der Waals surface area contributed by atoms with Crippen molar-refractivity contribution in [2.45, 2.75) is 26.8 Å². The Balaban J connectivity index is 2.77. The van der Waals surface area contributed by atoms with Gasteiger partial charge in [0.1, 0.15) is 0 Å². The Morgan fingerprint density at radius 3 is 2.36 bits per heavy atom. The Bertz CT molecular complexity index is 551. The number of carbonyl (C=O) groups excluding carboxylic acids is 2. The van der Waals surface area contributed by atoms with Gasteiger partial charge < -0.3 is 10.2 Å². The number of carbonyl (C=O) groups is 2. The van der Waals surface area contributed by atoms with Crippen LogP contribution in [0, 0.1) is 0 Å². The zero-order valence-electron chi connectivity index (χ0n) is 12.9. The summed E-state index contributed by atoms with van der Waals surface area (Å²) in [6, 6.07) is 5.17. The highest BCUT2D eigenvalue weighted by atomic mass is 35.5. The van der Waals surface area contributed by atoms with Crippen molar-refractivity contribution in [2.75, 3.05) is 13.1 Å². The molecule has 0 radical (unpaired) electrons. The number of hydrogen-bond acceptors (Lipinski definition) is 2. The molecule has 1 rings (SSSR count). The molecule has 0 saturated heterocycles. The van der Waals surface area contributed by atoms with E-state index in [0.717, 1.165) is 0 Å². The van der Waals surface area contributed by atoms with E-state index in [-0.39, 0.29) is 24.4 Å². The van der Waals surface area contributed by atoms with Crippen LogP contribution in [0.3, 0.4) is 0 Å². The van der Waals surface area contributed by atoms with Crippen molar-refractivity contribution in [1.29, 1.82) is 0 Å². The van der Waals surface area contributed by atoms with E-state index in [1.54, 1.807) is 24.3 Å². The summed E-state index contributed by atoms with van der Waals surface area (Å²) in [4.78, 5) is 25.3. The lowest BCUT2D eigenvalue weighted by atomic mass is 10.2. The van der Waals surface area contributed by atoms with Crippen LogP contribution in [0.25, 0.3) is 6.08 Å². The SMILES string of the molecule is CCN(CC(=O)NC(C)C)C(=O)/C=C/c1c(Cl)cccc1Cl. The fourth-order valence-electron chi connectivity index (χ4n) is 1.82. The van der Waals surface area contributed by atoms with Gasteiger partial charge in [-0.15, -0.1) is 0 Å². The molecule has 0 aliphatic heterocycles. The number of likely N-dealkylation sites (N-methyl/N-ethyl adjacent to an activating group) is 1. The molecule has 1 aromatic rings. The van der Waals surface area contributed by atoms with E-state index in [9.17, 15) is 9.59 Å². The normalized spacial score (nSPS) is 11.0. The number of hydrogen-bond donors (Lipinski definition) is 1. The highest BCUT2D eigenvalue weighted by Crippen LogP contribution is 2.25. The maximum absolute atomic E-state index is 12.2. The first kappa shape index (κ1) is 18.5. The number of rotatable bonds is 6. The van der Waals surface area contributed by atoms with Gasteiger partial charge in [-0.1, -0.05) is 29.3 Å². The van der Waals surface area contributed by atoms with Crippen LogP contribution in [0.4, 0.5) is 0 Å². The zero-order chi connectivity index (χ0) is 16.7. The lowest BCUT2D eigenvalue weighted by molar-refractivity contribution is -0.132. The molecule has 6 heteroatoms. The van der Waals surface area contributed by atoms with Crippen molar-refractivity contribution in [2.24, 2.45) is 0 Å². The second kappa shape index (κ2) is 8.81. The molecule has 2 amide bonds. The summed E-state index contributed by atoms with van der Waals surface area (Å²) >= 11 is 12.1. The second-order valence-electron chi connectivity index (χ2n) is 5.04. The van der Waals surface area contributed by atoms with Crippen molar-refractivity contribution in [1.82, 2.24) is 10.2 Å². The molecule has 0 aromatic heterocycles. The number of nitrogens with one attached hydrogen (secondary N) is 1. The number of halogens is 2. The summed E-state index contributed by atoms with van der Waals surface area (Å²) in [7, 11) is 0. The Kier molecular flexibility index (Phi) is 7.42. The minimum Gasteiger partial charge on any atom is -0.352 e. The fraction of sp³-hybridized carbons (Fsp3) is 0.375. The third kappa shape index (κ3) is 5.70. The average molecular weight is 343 g/mol. The van der Waals surface area contributed by atoms with Crippen LogP contribution < -0.4 is 5.32 Å². The predicted octanol–water partition coefficient (Wildman–Crippen LogP) is 3.38. The van der Waals surface area contributed by atoms with E-state index in [1.165, 1.54) is 11.0 Å². The molecule has 1 N–H and O–H groups in total. The average Bonchev–Trinajstić information content (AvgIpc) is 2.43. The molecule has 22 heavy (non-hydrogen) atoms. The Labute approximate surface area is 141 Å². The molecule has 4 nitrogen and oxygen atoms in total. The number of benzene rings is 1. The monoisotopic (exact) mass is 342 g/mol. The van der Waals surface area contributed by atoms with Crippen LogP contribution >= 0.6 is 23.2 Å². The van der Waals surface area contributed by atoms with Crippen LogP contribution in [0.1, 0.15) is 26.3 Å². The first-order chi connectivity index (χ1) is 10.3. The van der Waals surface area contributed by atoms with Gasteiger partial charge >= 0.3 is 0 Å². The minimum atomic E-state index is -0.266. The van der Waals surface area contributed by atoms with Gasteiger partial charge in [-0.3, -0.25) is 9.59 Å². The van der Waals surface area contributed by atoms with Crippen molar-refractivity contribution >= 4 is 41.1 Å². The van der Waals surface area contributed by atoms with Crippen LogP contribution in [-0.4, -0.2) is 35.8 Å². The second-order valence-corrected chi connectivity index (χ2v) is 5.86. The molecular formula is C16H20Cl2N2O2. The molecule has 0 bridgehead atoms. The first-order valence-corrected chi connectivity index (χ1v) is 7.81. The number of nitrogens with zero attached hydrogens (tertiary/aromatic N) is 1. The van der Waals surface area contributed by atoms with Gasteiger partial charge in [0.15, 0.2) is 0 Å². The van der Waals surface area contributed by atoms with Crippen LogP contribution in [0.15, 0.2) is 24.3 Å². The van der Waals surface area contributed by atoms with Gasteiger partial charge in [-0.25, -0.2) is 0 Å². The largest absolute Gasteiger partial charge is 0.352 e. The zero-order valence-corrected chi connectivity index (χ0v) is 14.4. The maximum atomic E-state index is 12.2. The summed E-state index contributed by atoms with van der Waals surface area (Å²) in [5, 5.41) is 3.69. The Morgan fingerprint density at radius 1 is 1.27 bits per heavy atom. The fourth-order valence-corrected chi connectivity index (χ4v) is 2.34. The standard InChI is InChI=1S/C16H20Cl2N2O2/c1-4-20(10-15(21)19-11(2)3)16(22)9-8-12-13(17)6-5-7-14(12)18/h5-9,11H,4,10H2,1-3H3,(H,19,21)/b9-8+. The van der Waals surface area contributed by atoms with E-state index in [2.05, 4.69) is 5.32 Å². The minimum absolute atomic E-state index is 0.0219. The topological polar surface area (TPSA) is 49.4 Å². The summed E-state index contributed by atoms with van der Waals surface area (Å²) in [6.45, 7) is 6.01. The van der Waals surface area contributed by atoms with E-state index in [1.807, 2.05) is 20.8 Å². The van der Waals surface area contributed by atoms with E-state index in [4.69, 9.17) is 23.2 Å². The molecule has 0 unspecified atom stereocenters. The molecule has 0 atom stereocenters. The quantitative estimate of drug-likeness (QED) is 0.805.